The summed E-state index contributed by atoms with van der Waals surface area (Å²) < 4.78 is 35.6. The van der Waals surface area contributed by atoms with Gasteiger partial charge in [-0.3, -0.25) is 14.4 Å². The zero-order valence-corrected chi connectivity index (χ0v) is 38.6. The molecule has 5 atom stereocenters. The van der Waals surface area contributed by atoms with Crippen molar-refractivity contribution in [2.75, 3.05) is 13.2 Å². The van der Waals surface area contributed by atoms with E-state index in [1.54, 1.807) is 89.2 Å². The first kappa shape index (κ1) is 49.0. The molecule has 4 aromatic carbocycles. The van der Waals surface area contributed by atoms with E-state index in [-0.39, 0.29) is 55.7 Å². The van der Waals surface area contributed by atoms with E-state index in [0.717, 1.165) is 0 Å². The van der Waals surface area contributed by atoms with Crippen molar-refractivity contribution in [2.24, 2.45) is 5.41 Å². The Morgan fingerprint density at radius 1 is 0.838 bits per heavy atom. The van der Waals surface area contributed by atoms with Crippen LogP contribution in [0.3, 0.4) is 0 Å². The number of carbonyl (C=O) groups is 6. The molecule has 2 fully saturated rings. The van der Waals surface area contributed by atoms with Crippen molar-refractivity contribution in [1.29, 1.82) is 0 Å². The normalized spacial score (nSPS) is 20.9. The summed E-state index contributed by atoms with van der Waals surface area (Å²) in [5.74, 6) is -4.77. The molecule has 4 aromatic rings. The van der Waals surface area contributed by atoms with Crippen molar-refractivity contribution < 1.29 is 62.3 Å². The standard InChI is InChI=1S/C53H56N2O13/c1-51(2,3)67-44(58)26-24-40(31-56)55-48(60)36-14-12-13-34(27-36)30-54-47(59)37-28-41(45-42(29-37)66-53(68-45,38-15-8-6-9-16-38)39-17-10-7-11-18-39)64-49(61)35-22-19-33(20-23-35)21-25-43(57)65-46-50(62)63-32-52(46,4)5/h6-23,25,27,29,40-42,45-46,56H,24,26,28,30-32H2,1-5H3,(H,54,59)(H,55,60). The minimum Gasteiger partial charge on any atom is -0.462 e. The van der Waals surface area contributed by atoms with Crippen LogP contribution in [0, 0.1) is 5.41 Å². The van der Waals surface area contributed by atoms with Crippen LogP contribution in [-0.2, 0) is 59.9 Å². The lowest BCUT2D eigenvalue weighted by Gasteiger charge is -2.31. The quantitative estimate of drug-likeness (QED) is 0.0646. The largest absolute Gasteiger partial charge is 0.462 e. The first-order chi connectivity index (χ1) is 32.4. The van der Waals surface area contributed by atoms with Gasteiger partial charge in [-0.15, -0.1) is 0 Å². The number of amides is 2. The molecule has 2 amide bonds. The van der Waals surface area contributed by atoms with Gasteiger partial charge in [-0.05, 0) is 74.7 Å². The fourth-order valence-corrected chi connectivity index (χ4v) is 8.06. The fraction of sp³-hybridized carbons (Fsp3) is 0.358. The zero-order chi connectivity index (χ0) is 48.6. The smallest absolute Gasteiger partial charge is 0.348 e. The lowest BCUT2D eigenvalue weighted by molar-refractivity contribution is -0.159. The highest BCUT2D eigenvalue weighted by Crippen LogP contribution is 2.47. The molecule has 2 heterocycles. The van der Waals surface area contributed by atoms with Gasteiger partial charge in [0, 0.05) is 53.1 Å². The van der Waals surface area contributed by atoms with Gasteiger partial charge in [-0.25, -0.2) is 14.4 Å². The Kier molecular flexibility index (Phi) is 15.1. The van der Waals surface area contributed by atoms with Gasteiger partial charge in [0.25, 0.3) is 5.91 Å². The Bertz CT molecular complexity index is 2510. The van der Waals surface area contributed by atoms with Gasteiger partial charge in [0.1, 0.15) is 30.5 Å². The predicted octanol–water partition coefficient (Wildman–Crippen LogP) is 6.26. The van der Waals surface area contributed by atoms with Gasteiger partial charge in [0.2, 0.25) is 17.8 Å². The number of cyclic esters (lactones) is 1. The maximum Gasteiger partial charge on any atom is 0.348 e. The van der Waals surface area contributed by atoms with Crippen molar-refractivity contribution in [1.82, 2.24) is 10.6 Å². The molecule has 3 aliphatic rings. The maximum atomic E-state index is 14.0. The Labute approximate surface area is 394 Å². The Morgan fingerprint density at radius 3 is 2.13 bits per heavy atom. The van der Waals surface area contributed by atoms with E-state index >= 15 is 0 Å². The van der Waals surface area contributed by atoms with Crippen molar-refractivity contribution in [3.05, 3.63) is 160 Å². The van der Waals surface area contributed by atoms with Gasteiger partial charge in [-0.1, -0.05) is 98.8 Å². The number of hydrogen-bond acceptors (Lipinski definition) is 13. The number of aliphatic hydroxyl groups is 1. The van der Waals surface area contributed by atoms with Crippen LogP contribution in [0.2, 0.25) is 0 Å². The highest BCUT2D eigenvalue weighted by molar-refractivity contribution is 5.96. The van der Waals surface area contributed by atoms with Gasteiger partial charge < -0.3 is 44.2 Å². The predicted molar refractivity (Wildman–Crippen MR) is 247 cm³/mol. The SMILES string of the molecule is CC(C)(C)OC(=O)CCC(CO)NC(=O)c1cccc(CNC(=O)C2=CC3OC(c4ccccc4)(c4ccccc4)OC3C(OC(=O)c3ccc(C=CC(=O)OC4C(=O)OCC4(C)C)cc3)C2)c1. The third-order valence-electron chi connectivity index (χ3n) is 11.6. The molecule has 15 heteroatoms. The number of hydrogen-bond donors (Lipinski definition) is 3. The topological polar surface area (TPSA) is 202 Å². The third-order valence-corrected chi connectivity index (χ3v) is 11.6. The highest BCUT2D eigenvalue weighted by atomic mass is 16.8. The van der Waals surface area contributed by atoms with E-state index < -0.39 is 83.0 Å². The molecule has 2 saturated heterocycles. The summed E-state index contributed by atoms with van der Waals surface area (Å²) in [7, 11) is 0. The molecule has 0 aromatic heterocycles. The monoisotopic (exact) mass is 928 g/mol. The second-order valence-corrected chi connectivity index (χ2v) is 18.6. The Morgan fingerprint density at radius 2 is 1.51 bits per heavy atom. The van der Waals surface area contributed by atoms with Crippen LogP contribution in [0.1, 0.15) is 96.9 Å². The minimum absolute atomic E-state index is 0.0110. The van der Waals surface area contributed by atoms with Gasteiger partial charge >= 0.3 is 23.9 Å². The van der Waals surface area contributed by atoms with Crippen molar-refractivity contribution in [3.8, 4) is 0 Å². The third kappa shape index (κ3) is 12.0. The first-order valence-corrected chi connectivity index (χ1v) is 22.5. The summed E-state index contributed by atoms with van der Waals surface area (Å²) in [5, 5.41) is 15.6. The molecule has 356 valence electrons. The minimum atomic E-state index is -1.42. The lowest BCUT2D eigenvalue weighted by Crippen LogP contribution is -2.43. The Hall–Kier alpha value is -6.94. The van der Waals surface area contributed by atoms with Gasteiger partial charge in [0.05, 0.1) is 18.2 Å². The number of esters is 4. The zero-order valence-electron chi connectivity index (χ0n) is 38.6. The highest BCUT2D eigenvalue weighted by Gasteiger charge is 2.55. The summed E-state index contributed by atoms with van der Waals surface area (Å²) in [6, 6.07) is 31.0. The van der Waals surface area contributed by atoms with Crippen molar-refractivity contribution in [3.63, 3.8) is 0 Å². The molecular formula is C53H56N2O13. The summed E-state index contributed by atoms with van der Waals surface area (Å²) in [4.78, 5) is 78.1. The average molecular weight is 929 g/mol. The molecule has 2 aliphatic heterocycles. The van der Waals surface area contributed by atoms with Crippen LogP contribution in [0.15, 0.2) is 127 Å². The summed E-state index contributed by atoms with van der Waals surface area (Å²) in [6.07, 6.45) is 0.858. The average Bonchev–Trinajstić information content (AvgIpc) is 3.85. The molecule has 0 radical (unpaired) electrons. The van der Waals surface area contributed by atoms with Crippen LogP contribution < -0.4 is 10.6 Å². The number of rotatable bonds is 16. The molecule has 15 nitrogen and oxygen atoms in total. The van der Waals surface area contributed by atoms with Crippen LogP contribution >= 0.6 is 0 Å². The molecule has 0 saturated carbocycles. The fourth-order valence-electron chi connectivity index (χ4n) is 8.06. The van der Waals surface area contributed by atoms with E-state index in [1.165, 1.54) is 12.2 Å². The van der Waals surface area contributed by atoms with E-state index in [0.29, 0.717) is 22.3 Å². The number of aliphatic hydroxyl groups excluding tert-OH is 1. The summed E-state index contributed by atoms with van der Waals surface area (Å²) in [5.41, 5.74) is 2.04. The second-order valence-electron chi connectivity index (χ2n) is 18.6. The number of nitrogens with one attached hydrogen (secondary N) is 2. The van der Waals surface area contributed by atoms with E-state index in [2.05, 4.69) is 10.6 Å². The molecule has 1 aliphatic carbocycles. The van der Waals surface area contributed by atoms with Crippen molar-refractivity contribution >= 4 is 41.8 Å². The summed E-state index contributed by atoms with van der Waals surface area (Å²) in [6.45, 7) is 8.63. The number of fused-ring (bicyclic) bond motifs is 1. The molecule has 0 bridgehead atoms. The van der Waals surface area contributed by atoms with Crippen LogP contribution in [0.4, 0.5) is 0 Å². The lowest BCUT2D eigenvalue weighted by atomic mass is 9.90. The molecule has 7 rings (SSSR count). The second kappa shape index (κ2) is 20.9. The van der Waals surface area contributed by atoms with Crippen LogP contribution in [0.25, 0.3) is 6.08 Å². The molecule has 0 spiro atoms. The van der Waals surface area contributed by atoms with Crippen LogP contribution in [0.5, 0.6) is 0 Å². The number of carbonyl (C=O) groups excluding carboxylic acids is 6. The number of ether oxygens (including phenoxy) is 6. The maximum absolute atomic E-state index is 14.0. The van der Waals surface area contributed by atoms with Gasteiger partial charge in [0.15, 0.2) is 0 Å². The van der Waals surface area contributed by atoms with E-state index in [4.69, 9.17) is 28.4 Å². The van der Waals surface area contributed by atoms with Crippen molar-refractivity contribution in [2.45, 2.75) is 102 Å². The molecule has 3 N–H and O–H groups in total. The summed E-state index contributed by atoms with van der Waals surface area (Å²) >= 11 is 0. The van der Waals surface area contributed by atoms with E-state index in [9.17, 15) is 33.9 Å². The Balaban J connectivity index is 1.05. The molecule has 68 heavy (non-hydrogen) atoms. The molecular weight excluding hydrogens is 873 g/mol. The van der Waals surface area contributed by atoms with Gasteiger partial charge in [-0.2, -0.15) is 0 Å². The number of benzene rings is 4. The molecule has 5 unspecified atom stereocenters. The first-order valence-electron chi connectivity index (χ1n) is 22.5. The van der Waals surface area contributed by atoms with E-state index in [1.807, 2.05) is 60.7 Å². The van der Waals surface area contributed by atoms with Crippen LogP contribution in [-0.4, -0.2) is 90.1 Å².